The first-order chi connectivity index (χ1) is 18.6. The van der Waals surface area contributed by atoms with Gasteiger partial charge < -0.3 is 30.1 Å². The van der Waals surface area contributed by atoms with E-state index in [0.717, 1.165) is 30.5 Å². The number of nitrogens with zero attached hydrogens (tertiary/aromatic N) is 1. The molecule has 10 nitrogen and oxygen atoms in total. The van der Waals surface area contributed by atoms with Crippen LogP contribution in [0.1, 0.15) is 88.1 Å². The maximum atomic E-state index is 12.4. The van der Waals surface area contributed by atoms with Gasteiger partial charge in [-0.15, -0.1) is 0 Å². The third-order valence-electron chi connectivity index (χ3n) is 6.60. The average Bonchev–Trinajstić information content (AvgIpc) is 2.90. The molecule has 1 heterocycles. The molecule has 1 aromatic carbocycles. The van der Waals surface area contributed by atoms with E-state index < -0.39 is 43.2 Å². The van der Waals surface area contributed by atoms with Crippen LogP contribution in [0.3, 0.4) is 0 Å². The Bertz CT molecular complexity index is 945. The number of benzene rings is 1. The molecule has 39 heavy (non-hydrogen) atoms. The largest absolute Gasteiger partial charge is 0.394 e. The van der Waals surface area contributed by atoms with Crippen LogP contribution in [-0.4, -0.2) is 82.4 Å². The number of aliphatic hydroxyl groups excluding tert-OH is 3. The smallest absolute Gasteiger partial charge is 0.217 e. The Morgan fingerprint density at radius 1 is 0.923 bits per heavy atom. The number of hydrogen-bond acceptors (Lipinski definition) is 9. The van der Waals surface area contributed by atoms with Crippen molar-refractivity contribution < 1.29 is 39.2 Å². The molecule has 1 amide bonds. The number of aliphatic hydroxyl groups is 3. The lowest BCUT2D eigenvalue weighted by molar-refractivity contribution is -0.270. The van der Waals surface area contributed by atoms with E-state index in [0.29, 0.717) is 44.2 Å². The molecule has 0 spiro atoms. The molecule has 0 saturated carbocycles. The van der Waals surface area contributed by atoms with Crippen molar-refractivity contribution in [2.75, 3.05) is 13.2 Å². The minimum atomic E-state index is -1.36. The van der Waals surface area contributed by atoms with Crippen LogP contribution in [0, 0.1) is 0 Å². The standard InChI is InChI=1S/C29H44N2O8/c1-19(2)30-17-21-12-14-22(15-13-21)24(35)11-6-4-5-9-23(34)10-7-8-16-38-29-26(31-20(3)33)28(37)27(36)25(18-32)39-29/h12-15,25-29,32,36-37H,4-11,16-18H2,1-3H3,(H,31,33). The lowest BCUT2D eigenvalue weighted by Crippen LogP contribution is -2.64. The number of Topliss-reactive ketones (excluding diaryl/α,β-unsaturated/α-hetero) is 2. The second-order valence-electron chi connectivity index (χ2n) is 10.2. The van der Waals surface area contributed by atoms with Crippen molar-refractivity contribution in [2.24, 2.45) is 4.99 Å². The minimum absolute atomic E-state index is 0.109. The number of nitrogens with one attached hydrogen (secondary N) is 1. The van der Waals surface area contributed by atoms with Gasteiger partial charge in [0.05, 0.1) is 13.2 Å². The number of ether oxygens (including phenoxy) is 2. The molecule has 4 N–H and O–H groups in total. The zero-order chi connectivity index (χ0) is 28.8. The highest BCUT2D eigenvalue weighted by molar-refractivity contribution is 5.96. The van der Waals surface area contributed by atoms with Crippen molar-refractivity contribution >= 4 is 23.2 Å². The maximum Gasteiger partial charge on any atom is 0.217 e. The summed E-state index contributed by atoms with van der Waals surface area (Å²) >= 11 is 0. The third kappa shape index (κ3) is 11.6. The van der Waals surface area contributed by atoms with E-state index in [1.54, 1.807) is 0 Å². The van der Waals surface area contributed by atoms with Gasteiger partial charge in [0.25, 0.3) is 0 Å². The van der Waals surface area contributed by atoms with Gasteiger partial charge in [-0.2, -0.15) is 0 Å². The van der Waals surface area contributed by atoms with E-state index in [4.69, 9.17) is 9.47 Å². The maximum absolute atomic E-state index is 12.4. The molecular weight excluding hydrogens is 504 g/mol. The zero-order valence-electron chi connectivity index (χ0n) is 23.3. The van der Waals surface area contributed by atoms with Crippen LogP contribution in [0.4, 0.5) is 0 Å². The summed E-state index contributed by atoms with van der Waals surface area (Å²) in [6.07, 6.45) is 0.0679. The van der Waals surface area contributed by atoms with Crippen molar-refractivity contribution in [1.82, 2.24) is 5.32 Å². The number of ketones is 2. The molecule has 218 valence electrons. The average molecular weight is 549 g/mol. The van der Waals surface area contributed by atoms with Crippen molar-refractivity contribution in [2.45, 2.75) is 109 Å². The Balaban J connectivity index is 1.59. The summed E-state index contributed by atoms with van der Waals surface area (Å²) in [5.74, 6) is -0.146. The summed E-state index contributed by atoms with van der Waals surface area (Å²) in [6, 6.07) is 6.60. The number of aliphatic imine (C=N–C) groups is 1. The summed E-state index contributed by atoms with van der Waals surface area (Å²) in [4.78, 5) is 40.5. The number of amides is 1. The van der Waals surface area contributed by atoms with E-state index in [1.807, 2.05) is 38.1 Å². The fourth-order valence-corrected chi connectivity index (χ4v) is 4.34. The highest BCUT2D eigenvalue weighted by Crippen LogP contribution is 2.22. The molecule has 0 aliphatic carbocycles. The second-order valence-corrected chi connectivity index (χ2v) is 10.2. The zero-order valence-corrected chi connectivity index (χ0v) is 23.3. The monoisotopic (exact) mass is 548 g/mol. The normalized spacial score (nSPS) is 22.8. The predicted molar refractivity (Wildman–Crippen MR) is 147 cm³/mol. The highest BCUT2D eigenvalue weighted by atomic mass is 16.7. The first-order valence-corrected chi connectivity index (χ1v) is 13.7. The van der Waals surface area contributed by atoms with Gasteiger partial charge in [-0.3, -0.25) is 19.4 Å². The highest BCUT2D eigenvalue weighted by Gasteiger charge is 2.45. The van der Waals surface area contributed by atoms with E-state index in [-0.39, 0.29) is 18.2 Å². The lowest BCUT2D eigenvalue weighted by Gasteiger charge is -2.42. The van der Waals surface area contributed by atoms with E-state index in [1.165, 1.54) is 6.92 Å². The topological polar surface area (TPSA) is 155 Å². The van der Waals surface area contributed by atoms with Gasteiger partial charge in [0, 0.05) is 44.1 Å². The second kappa shape index (κ2) is 17.2. The molecule has 5 atom stereocenters. The van der Waals surface area contributed by atoms with Gasteiger partial charge >= 0.3 is 0 Å². The summed E-state index contributed by atoms with van der Waals surface area (Å²) in [5.41, 5.74) is 2.80. The van der Waals surface area contributed by atoms with Crippen molar-refractivity contribution in [3.05, 3.63) is 35.4 Å². The van der Waals surface area contributed by atoms with Crippen LogP contribution in [-0.2, 0) is 25.6 Å². The molecule has 1 saturated heterocycles. The molecule has 1 fully saturated rings. The molecule has 1 aromatic rings. The summed E-state index contributed by atoms with van der Waals surface area (Å²) in [5, 5.41) is 32.2. The first-order valence-electron chi connectivity index (χ1n) is 13.7. The Hall–Kier alpha value is -2.50. The minimum Gasteiger partial charge on any atom is -0.394 e. The molecule has 1 aliphatic rings. The number of rotatable bonds is 17. The fourth-order valence-electron chi connectivity index (χ4n) is 4.34. The Labute approximate surface area is 230 Å². The Morgan fingerprint density at radius 2 is 1.56 bits per heavy atom. The van der Waals surface area contributed by atoms with E-state index in [2.05, 4.69) is 10.3 Å². The molecule has 0 aromatic heterocycles. The van der Waals surface area contributed by atoms with E-state index in [9.17, 15) is 29.7 Å². The molecule has 5 unspecified atom stereocenters. The Kier molecular flexibility index (Phi) is 14.5. The molecule has 2 rings (SSSR count). The number of carbonyl (C=O) groups is 3. The van der Waals surface area contributed by atoms with E-state index >= 15 is 0 Å². The van der Waals surface area contributed by atoms with Crippen molar-refractivity contribution in [3.63, 3.8) is 0 Å². The molecule has 10 heteroatoms. The number of carbonyl (C=O) groups excluding carboxylic acids is 3. The van der Waals surface area contributed by atoms with Gasteiger partial charge in [-0.1, -0.05) is 30.7 Å². The molecular formula is C29H44N2O8. The van der Waals surface area contributed by atoms with Gasteiger partial charge in [0.1, 0.15) is 30.1 Å². The van der Waals surface area contributed by atoms with Crippen LogP contribution in [0.15, 0.2) is 29.3 Å². The van der Waals surface area contributed by atoms with Crippen LogP contribution < -0.4 is 5.32 Å². The van der Waals surface area contributed by atoms with Gasteiger partial charge in [0.2, 0.25) is 5.91 Å². The molecule has 0 radical (unpaired) electrons. The molecule has 1 aliphatic heterocycles. The molecule has 0 bridgehead atoms. The van der Waals surface area contributed by atoms with Crippen molar-refractivity contribution in [1.29, 1.82) is 0 Å². The quantitative estimate of drug-likeness (QED) is 0.132. The number of hydrogen-bond donors (Lipinski definition) is 4. The first kappa shape index (κ1) is 32.7. The van der Waals surface area contributed by atoms with Crippen molar-refractivity contribution in [3.8, 4) is 0 Å². The van der Waals surface area contributed by atoms with Crippen LogP contribution in [0.5, 0.6) is 0 Å². The SMILES string of the molecule is CC(=O)NC1C(OCCCCC(=O)CCCCCC(=O)c2ccc(CN=C(C)C)cc2)OC(CO)C(O)C1O. The Morgan fingerprint density at radius 3 is 2.18 bits per heavy atom. The third-order valence-corrected chi connectivity index (χ3v) is 6.60. The summed E-state index contributed by atoms with van der Waals surface area (Å²) in [7, 11) is 0. The van der Waals surface area contributed by atoms with Crippen LogP contribution in [0.25, 0.3) is 0 Å². The number of unbranched alkanes of at least 4 members (excludes halogenated alkanes) is 3. The van der Waals surface area contributed by atoms with Crippen LogP contribution in [0.2, 0.25) is 0 Å². The summed E-state index contributed by atoms with van der Waals surface area (Å²) in [6.45, 7) is 5.53. The van der Waals surface area contributed by atoms with Gasteiger partial charge in [-0.05, 0) is 45.1 Å². The fraction of sp³-hybridized carbons (Fsp3) is 0.655. The van der Waals surface area contributed by atoms with Crippen LogP contribution >= 0.6 is 0 Å². The lowest BCUT2D eigenvalue weighted by atomic mass is 9.97. The predicted octanol–water partition coefficient (Wildman–Crippen LogP) is 2.50. The van der Waals surface area contributed by atoms with Gasteiger partial charge in [-0.25, -0.2) is 0 Å². The van der Waals surface area contributed by atoms with Gasteiger partial charge in [0.15, 0.2) is 12.1 Å². The summed E-state index contributed by atoms with van der Waals surface area (Å²) < 4.78 is 11.2.